The van der Waals surface area contributed by atoms with E-state index in [4.69, 9.17) is 33.1 Å². The Hall–Kier alpha value is -3.08. The molecule has 0 unspecified atom stereocenters. The van der Waals surface area contributed by atoms with Crippen LogP contribution in [0.25, 0.3) is 20.4 Å². The summed E-state index contributed by atoms with van der Waals surface area (Å²) in [5.41, 5.74) is 11.2. The first-order valence-electron chi connectivity index (χ1n) is 18.1. The fourth-order valence-corrected chi connectivity index (χ4v) is 9.70. The van der Waals surface area contributed by atoms with E-state index in [-0.39, 0.29) is 29.4 Å². The number of thioether (sulfide) groups is 2. The van der Waals surface area contributed by atoms with E-state index in [1.165, 1.54) is 51.1 Å². The van der Waals surface area contributed by atoms with Gasteiger partial charge in [0.05, 0.1) is 31.9 Å². The molecule has 7 N–H and O–H groups in total. The number of amides is 2. The summed E-state index contributed by atoms with van der Waals surface area (Å²) in [6, 6.07) is 32.6. The van der Waals surface area contributed by atoms with Crippen LogP contribution < -0.4 is 15.5 Å². The molecule has 324 valence electrons. The molecule has 0 fully saturated rings. The van der Waals surface area contributed by atoms with E-state index in [1.807, 2.05) is 70.5 Å². The number of nitrogens with zero attached hydrogens (tertiary/aromatic N) is 5. The van der Waals surface area contributed by atoms with E-state index < -0.39 is 23.8 Å². The van der Waals surface area contributed by atoms with Crippen molar-refractivity contribution in [2.75, 3.05) is 55.1 Å². The summed E-state index contributed by atoms with van der Waals surface area (Å²) in [6.07, 6.45) is 4.19. The maximum absolute atomic E-state index is 12.6. The van der Waals surface area contributed by atoms with Gasteiger partial charge in [-0.15, -0.1) is 22.7 Å². The number of aryl methyl sites for hydroxylation is 2. The average Bonchev–Trinajstić information content (AvgIpc) is 3.87. The number of hydrogen-bond donors (Lipinski definition) is 2. The zero-order chi connectivity index (χ0) is 42.3. The van der Waals surface area contributed by atoms with Crippen molar-refractivity contribution in [3.8, 4) is 0 Å². The molecular formula is C40H50Cl2N6O7S4Sn. The molecule has 2 aromatic heterocycles. The minimum atomic E-state index is -0.826. The normalized spacial score (nSPS) is 11.8. The van der Waals surface area contributed by atoms with Crippen LogP contribution >= 0.6 is 64.0 Å². The second-order valence-corrected chi connectivity index (χ2v) is 20.6. The van der Waals surface area contributed by atoms with Crippen LogP contribution in [0.5, 0.6) is 0 Å². The molecule has 4 aromatic carbocycles. The molecule has 2 radical (unpaired) electrons. The van der Waals surface area contributed by atoms with Crippen molar-refractivity contribution in [1.82, 2.24) is 9.97 Å². The van der Waals surface area contributed by atoms with Gasteiger partial charge in [-0.05, 0) is 87.2 Å². The van der Waals surface area contributed by atoms with Crippen LogP contribution in [0.3, 0.4) is 0 Å². The molecule has 6 aromatic rings. The number of carbonyl (C=O) groups excluding carboxylic acids is 2. The number of aromatic nitrogens is 2. The molecule has 20 heteroatoms. The van der Waals surface area contributed by atoms with E-state index in [0.29, 0.717) is 11.5 Å². The third-order valence-corrected chi connectivity index (χ3v) is 12.3. The van der Waals surface area contributed by atoms with Gasteiger partial charge in [0, 0.05) is 36.0 Å². The number of aliphatic hydroxyl groups is 1. The molecule has 0 bridgehead atoms. The first-order valence-corrected chi connectivity index (χ1v) is 29.0. The zero-order valence-electron chi connectivity index (χ0n) is 33.4. The molecule has 0 atom stereocenters. The second-order valence-electron chi connectivity index (χ2n) is 11.9. The number of hydrogen-bond acceptors (Lipinski definition) is 12. The summed E-state index contributed by atoms with van der Waals surface area (Å²) in [6.45, 7) is 3.56. The Labute approximate surface area is 384 Å². The molecule has 0 spiro atoms. The summed E-state index contributed by atoms with van der Waals surface area (Å²) >= 11 is 5.56. The molecule has 13 nitrogen and oxygen atoms in total. The van der Waals surface area contributed by atoms with E-state index in [1.54, 1.807) is 29.6 Å². The predicted molar refractivity (Wildman–Crippen MR) is 255 cm³/mol. The molecular weight excluding hydrogens is 994 g/mol. The topological polar surface area (TPSA) is 219 Å². The molecule has 0 saturated heterocycles. The van der Waals surface area contributed by atoms with Gasteiger partial charge in [-0.25, -0.2) is 9.97 Å². The van der Waals surface area contributed by atoms with Gasteiger partial charge in [0.2, 0.25) is 11.8 Å². The van der Waals surface area contributed by atoms with E-state index in [2.05, 4.69) is 52.1 Å². The Morgan fingerprint density at radius 1 is 0.750 bits per heavy atom. The molecule has 2 aliphatic rings. The number of anilines is 2. The number of nitrogens with two attached hydrogens (primary N) is 1. The van der Waals surface area contributed by atoms with Crippen LogP contribution in [0.1, 0.15) is 30.9 Å². The summed E-state index contributed by atoms with van der Waals surface area (Å²) in [5.74, 6) is 1.21. The average molecular weight is 1040 g/mol. The Kier molecular flexibility index (Phi) is 28.3. The fourth-order valence-electron chi connectivity index (χ4n) is 5.81. The Balaban J connectivity index is 0.000000464. The SMILES string of the molecule is CCO.CN.C[N+](=O)[O-].O.O.O=C(CSc1nc2ccccc2s1)N1CCCc2ccccc21.O=C(CSc1nc2ccccc2s1)N1CCCc2ccccc21.[Cl][Sn][Cl]. The number of nitro groups is 1. The fraction of sp³-hybridized carbons (Fsp3) is 0.300. The monoisotopic (exact) mass is 1040 g/mol. The third-order valence-electron chi connectivity index (χ3n) is 8.01. The molecule has 60 heavy (non-hydrogen) atoms. The van der Waals surface area contributed by atoms with E-state index in [0.717, 1.165) is 76.9 Å². The number of benzene rings is 4. The summed E-state index contributed by atoms with van der Waals surface area (Å²) in [4.78, 5) is 46.6. The predicted octanol–water partition coefficient (Wildman–Crippen LogP) is 7.55. The van der Waals surface area contributed by atoms with E-state index in [9.17, 15) is 9.59 Å². The van der Waals surface area contributed by atoms with Gasteiger partial charge in [0.1, 0.15) is 0 Å². The summed E-state index contributed by atoms with van der Waals surface area (Å²) in [5, 5.41) is 16.4. The van der Waals surface area contributed by atoms with Gasteiger partial charge in [-0.3, -0.25) is 19.7 Å². The van der Waals surface area contributed by atoms with Crippen LogP contribution in [-0.2, 0) is 22.4 Å². The van der Waals surface area contributed by atoms with Crippen molar-refractivity contribution in [2.45, 2.75) is 41.3 Å². The number of para-hydroxylation sites is 4. The van der Waals surface area contributed by atoms with Gasteiger partial charge >= 0.3 is 36.7 Å². The number of halogens is 2. The zero-order valence-corrected chi connectivity index (χ0v) is 41.0. The molecule has 2 aliphatic heterocycles. The number of thiazole rings is 2. The van der Waals surface area contributed by atoms with Crippen LogP contribution in [-0.4, -0.2) is 107 Å². The Morgan fingerprint density at radius 3 is 1.42 bits per heavy atom. The number of carbonyl (C=O) groups is 2. The Bertz CT molecular complexity index is 1970. The molecule has 2 amide bonds. The van der Waals surface area contributed by atoms with Crippen LogP contribution in [0, 0.1) is 10.1 Å². The van der Waals surface area contributed by atoms with Gasteiger partial charge in [0.25, 0.3) is 0 Å². The van der Waals surface area contributed by atoms with Gasteiger partial charge in [-0.2, -0.15) is 0 Å². The summed E-state index contributed by atoms with van der Waals surface area (Å²) < 4.78 is 4.27. The van der Waals surface area contributed by atoms with Gasteiger partial charge in [-0.1, -0.05) is 84.2 Å². The van der Waals surface area contributed by atoms with Gasteiger partial charge in [0.15, 0.2) is 15.7 Å². The quantitative estimate of drug-likeness (QED) is 0.0722. The second kappa shape index (κ2) is 30.9. The summed E-state index contributed by atoms with van der Waals surface area (Å²) in [7, 11) is 12.3. The number of fused-ring (bicyclic) bond motifs is 4. The maximum atomic E-state index is 12.6. The van der Waals surface area contributed by atoms with Crippen molar-refractivity contribution in [1.29, 1.82) is 0 Å². The number of rotatable bonds is 6. The van der Waals surface area contributed by atoms with Crippen molar-refractivity contribution in [2.24, 2.45) is 5.73 Å². The van der Waals surface area contributed by atoms with Crippen molar-refractivity contribution >= 4 is 127 Å². The molecule has 8 rings (SSSR count). The minimum absolute atomic E-state index is 0. The first-order chi connectivity index (χ1) is 28.2. The number of aliphatic hydroxyl groups excluding tert-OH is 1. The third kappa shape index (κ3) is 17.7. The van der Waals surface area contributed by atoms with E-state index >= 15 is 0 Å². The standard InChI is InChI=1S/2C18H16N2OS2.C2H6O.CH3NO2.CH5N.2ClH.2H2O.Sn/c2*21-17(20-11-5-7-13-6-1-3-9-15(13)20)12-22-18-19-14-8-2-4-10-16(14)23-18;1-2-3;1-2(3)4;1-2;;;;;/h2*1-4,6,8-10H,5,7,11-12H2;3H,2H2,1H3;1H3;2H2,1H3;2*1H;2*1H2;/q;;;;;;;;;+2/p-2. The van der Waals surface area contributed by atoms with Crippen molar-refractivity contribution < 1.29 is 30.6 Å². The molecule has 4 heterocycles. The molecule has 0 aliphatic carbocycles. The van der Waals surface area contributed by atoms with Gasteiger partial charge < -0.3 is 31.6 Å². The van der Waals surface area contributed by atoms with Crippen LogP contribution in [0.15, 0.2) is 106 Å². The van der Waals surface area contributed by atoms with Crippen LogP contribution in [0.2, 0.25) is 0 Å². The van der Waals surface area contributed by atoms with Crippen LogP contribution in [0.4, 0.5) is 11.4 Å². The molecule has 0 saturated carbocycles. The van der Waals surface area contributed by atoms with Crippen molar-refractivity contribution in [3.05, 3.63) is 118 Å². The van der Waals surface area contributed by atoms with Crippen molar-refractivity contribution in [3.63, 3.8) is 0 Å². The first kappa shape index (κ1) is 54.9. The Morgan fingerprint density at radius 2 is 1.07 bits per heavy atom.